The number of aryl methyl sites for hydroxylation is 2. The van der Waals surface area contributed by atoms with Crippen molar-refractivity contribution in [1.82, 2.24) is 9.78 Å². The van der Waals surface area contributed by atoms with Gasteiger partial charge in [-0.05, 0) is 61.7 Å². The van der Waals surface area contributed by atoms with Gasteiger partial charge in [0.25, 0.3) is 11.6 Å². The van der Waals surface area contributed by atoms with Gasteiger partial charge < -0.3 is 24.3 Å². The minimum Gasteiger partial charge on any atom is -0.493 e. The maximum absolute atomic E-state index is 12.9. The molecule has 1 N–H and O–H groups in total. The summed E-state index contributed by atoms with van der Waals surface area (Å²) in [6.07, 6.45) is 1.57. The first kappa shape index (κ1) is 27.0. The van der Waals surface area contributed by atoms with E-state index in [0.29, 0.717) is 23.0 Å². The van der Waals surface area contributed by atoms with Gasteiger partial charge in [-0.2, -0.15) is 5.10 Å². The highest BCUT2D eigenvalue weighted by Crippen LogP contribution is 2.37. The quantitative estimate of drug-likeness (QED) is 0.200. The molecule has 1 heterocycles. The fraction of sp³-hybridized carbons (Fsp3) is 0.214. The molecule has 11 heteroatoms. The zero-order chi connectivity index (χ0) is 28.1. The van der Waals surface area contributed by atoms with Gasteiger partial charge in [-0.1, -0.05) is 12.1 Å². The number of aromatic nitrogens is 2. The summed E-state index contributed by atoms with van der Waals surface area (Å²) in [4.78, 5) is 23.9. The maximum atomic E-state index is 12.9. The summed E-state index contributed by atoms with van der Waals surface area (Å²) >= 11 is 0. The number of non-ortho nitro benzene ring substituents is 1. The highest BCUT2D eigenvalue weighted by molar-refractivity contribution is 6.03. The van der Waals surface area contributed by atoms with Crippen molar-refractivity contribution in [3.05, 3.63) is 93.3 Å². The highest BCUT2D eigenvalue weighted by Gasteiger charge is 2.17. The number of nitrogens with zero attached hydrogens (tertiary/aromatic N) is 3. The Hall–Kier alpha value is -5.06. The SMILES string of the molecule is COc1cccc(OC)c1OCn1ccc(C(=O)Nc2cc(Oc3cc(C)cc(C)c3C)cc([N+](=O)[O-])c2)n1. The van der Waals surface area contributed by atoms with Crippen LogP contribution in [0.25, 0.3) is 0 Å². The van der Waals surface area contributed by atoms with E-state index in [9.17, 15) is 14.9 Å². The molecule has 0 atom stereocenters. The predicted octanol–water partition coefficient (Wildman–Crippen LogP) is 5.81. The third-order valence-corrected chi connectivity index (χ3v) is 5.95. The first-order valence-corrected chi connectivity index (χ1v) is 11.9. The van der Waals surface area contributed by atoms with E-state index < -0.39 is 10.8 Å². The standard InChI is InChI=1S/C28H28N4O7/c1-17-11-18(2)19(3)26(12-17)39-22-14-20(13-21(15-22)32(34)35)29-28(33)23-9-10-31(30-23)16-38-27-24(36-4)7-6-8-25(27)37-5/h6-15H,16H2,1-5H3,(H,29,33). The molecular weight excluding hydrogens is 504 g/mol. The van der Waals surface area contributed by atoms with E-state index in [1.54, 1.807) is 24.4 Å². The minimum absolute atomic E-state index is 0.0198. The van der Waals surface area contributed by atoms with Crippen LogP contribution in [0, 0.1) is 30.9 Å². The lowest BCUT2D eigenvalue weighted by Gasteiger charge is -2.14. The van der Waals surface area contributed by atoms with Gasteiger partial charge in [0.05, 0.1) is 30.9 Å². The van der Waals surface area contributed by atoms with Crippen molar-refractivity contribution < 1.29 is 28.7 Å². The Morgan fingerprint density at radius 2 is 1.72 bits per heavy atom. The van der Waals surface area contributed by atoms with Gasteiger partial charge in [0.2, 0.25) is 5.75 Å². The van der Waals surface area contributed by atoms with Gasteiger partial charge >= 0.3 is 0 Å². The fourth-order valence-corrected chi connectivity index (χ4v) is 3.89. The van der Waals surface area contributed by atoms with Crippen LogP contribution in [-0.2, 0) is 6.73 Å². The number of nitro benzene ring substituents is 1. The highest BCUT2D eigenvalue weighted by atomic mass is 16.6. The van der Waals surface area contributed by atoms with Crippen LogP contribution < -0.4 is 24.3 Å². The van der Waals surface area contributed by atoms with Crippen molar-refractivity contribution in [2.24, 2.45) is 0 Å². The van der Waals surface area contributed by atoms with Crippen molar-refractivity contribution in [3.8, 4) is 28.7 Å². The van der Waals surface area contributed by atoms with Gasteiger partial charge in [-0.25, -0.2) is 4.68 Å². The third kappa shape index (κ3) is 6.27. The Balaban J connectivity index is 1.51. The Labute approximate surface area is 225 Å². The second-order valence-corrected chi connectivity index (χ2v) is 8.74. The lowest BCUT2D eigenvalue weighted by atomic mass is 10.1. The molecule has 3 aromatic carbocycles. The average Bonchev–Trinajstić information content (AvgIpc) is 3.39. The number of nitro groups is 1. The normalized spacial score (nSPS) is 10.6. The van der Waals surface area contributed by atoms with Crippen LogP contribution >= 0.6 is 0 Å². The molecular formula is C28H28N4O7. The lowest BCUT2D eigenvalue weighted by Crippen LogP contribution is -2.14. The van der Waals surface area contributed by atoms with Crippen LogP contribution in [0.4, 0.5) is 11.4 Å². The number of para-hydroxylation sites is 1. The smallest absolute Gasteiger partial charge is 0.276 e. The Kier molecular flexibility index (Phi) is 7.99. The number of anilines is 1. The average molecular weight is 533 g/mol. The number of benzene rings is 3. The van der Waals surface area contributed by atoms with Crippen LogP contribution in [0.2, 0.25) is 0 Å². The largest absolute Gasteiger partial charge is 0.493 e. The molecule has 0 spiro atoms. The molecule has 4 rings (SSSR count). The Morgan fingerprint density at radius 3 is 2.38 bits per heavy atom. The molecule has 0 bridgehead atoms. The van der Waals surface area contributed by atoms with Gasteiger partial charge in [0, 0.05) is 18.3 Å². The minimum atomic E-state index is -0.558. The Morgan fingerprint density at radius 1 is 1.00 bits per heavy atom. The van der Waals surface area contributed by atoms with Crippen LogP contribution in [0.3, 0.4) is 0 Å². The van der Waals surface area contributed by atoms with Crippen LogP contribution in [0.1, 0.15) is 27.2 Å². The second kappa shape index (κ2) is 11.5. The molecule has 0 unspecified atom stereocenters. The van der Waals surface area contributed by atoms with E-state index in [4.69, 9.17) is 18.9 Å². The molecule has 4 aromatic rings. The van der Waals surface area contributed by atoms with E-state index in [2.05, 4.69) is 10.4 Å². The lowest BCUT2D eigenvalue weighted by molar-refractivity contribution is -0.384. The first-order valence-electron chi connectivity index (χ1n) is 11.9. The number of rotatable bonds is 10. The van der Waals surface area contributed by atoms with Crippen LogP contribution in [0.15, 0.2) is 60.8 Å². The van der Waals surface area contributed by atoms with Crippen molar-refractivity contribution in [1.29, 1.82) is 0 Å². The number of hydrogen-bond donors (Lipinski definition) is 1. The van der Waals surface area contributed by atoms with Crippen molar-refractivity contribution in [3.63, 3.8) is 0 Å². The topological polar surface area (TPSA) is 127 Å². The second-order valence-electron chi connectivity index (χ2n) is 8.74. The molecule has 1 aromatic heterocycles. The number of hydrogen-bond acceptors (Lipinski definition) is 8. The molecule has 0 saturated carbocycles. The molecule has 0 radical (unpaired) electrons. The fourth-order valence-electron chi connectivity index (χ4n) is 3.89. The number of amides is 1. The molecule has 0 fully saturated rings. The summed E-state index contributed by atoms with van der Waals surface area (Å²) < 4.78 is 23.9. The molecule has 1 amide bonds. The molecule has 202 valence electrons. The maximum Gasteiger partial charge on any atom is 0.276 e. The molecule has 0 aliphatic carbocycles. The summed E-state index contributed by atoms with van der Waals surface area (Å²) in [5.74, 6) is 1.61. The summed E-state index contributed by atoms with van der Waals surface area (Å²) in [5, 5.41) is 18.5. The predicted molar refractivity (Wildman–Crippen MR) is 144 cm³/mol. The van der Waals surface area contributed by atoms with E-state index in [1.165, 1.54) is 43.2 Å². The molecule has 0 saturated heterocycles. The number of carbonyl (C=O) groups is 1. The van der Waals surface area contributed by atoms with Gasteiger partial charge in [-0.15, -0.1) is 0 Å². The van der Waals surface area contributed by atoms with E-state index in [0.717, 1.165) is 16.7 Å². The monoisotopic (exact) mass is 532 g/mol. The summed E-state index contributed by atoms with van der Waals surface area (Å²) in [6, 6.07) is 14.7. The third-order valence-electron chi connectivity index (χ3n) is 5.95. The molecule has 0 aliphatic heterocycles. The van der Waals surface area contributed by atoms with Crippen molar-refractivity contribution in [2.45, 2.75) is 27.5 Å². The van der Waals surface area contributed by atoms with E-state index >= 15 is 0 Å². The van der Waals surface area contributed by atoms with Gasteiger partial charge in [-0.3, -0.25) is 14.9 Å². The summed E-state index contributed by atoms with van der Waals surface area (Å²) in [5.41, 5.74) is 3.00. The zero-order valence-corrected chi connectivity index (χ0v) is 22.2. The Bertz CT molecular complexity index is 1510. The van der Waals surface area contributed by atoms with Crippen LogP contribution in [-0.4, -0.2) is 34.8 Å². The molecule has 39 heavy (non-hydrogen) atoms. The van der Waals surface area contributed by atoms with Crippen LogP contribution in [0.5, 0.6) is 28.7 Å². The van der Waals surface area contributed by atoms with Crippen molar-refractivity contribution in [2.75, 3.05) is 19.5 Å². The van der Waals surface area contributed by atoms with E-state index in [-0.39, 0.29) is 29.5 Å². The first-order chi connectivity index (χ1) is 18.7. The summed E-state index contributed by atoms with van der Waals surface area (Å²) in [6.45, 7) is 5.79. The molecule has 0 aliphatic rings. The number of nitrogens with one attached hydrogen (secondary N) is 1. The van der Waals surface area contributed by atoms with E-state index in [1.807, 2.05) is 32.9 Å². The van der Waals surface area contributed by atoms with Gasteiger partial charge in [0.1, 0.15) is 11.5 Å². The van der Waals surface area contributed by atoms with Crippen molar-refractivity contribution >= 4 is 17.3 Å². The number of carbonyl (C=O) groups excluding carboxylic acids is 1. The molecule has 11 nitrogen and oxygen atoms in total. The number of ether oxygens (including phenoxy) is 4. The number of methoxy groups -OCH3 is 2. The zero-order valence-electron chi connectivity index (χ0n) is 22.2. The van der Waals surface area contributed by atoms with Gasteiger partial charge in [0.15, 0.2) is 23.9 Å². The summed E-state index contributed by atoms with van der Waals surface area (Å²) in [7, 11) is 3.04.